The van der Waals surface area contributed by atoms with Crippen LogP contribution in [0.4, 0.5) is 0 Å². The fourth-order valence-electron chi connectivity index (χ4n) is 10.2. The number of para-hydroxylation sites is 5. The lowest BCUT2D eigenvalue weighted by Gasteiger charge is -2.46. The normalized spacial score (nSPS) is 17.9. The molecule has 0 saturated heterocycles. The third-order valence-corrected chi connectivity index (χ3v) is 12.6. The van der Waals surface area contributed by atoms with Crippen molar-refractivity contribution in [3.05, 3.63) is 175 Å². The van der Waals surface area contributed by atoms with Crippen LogP contribution >= 0.6 is 0 Å². The second kappa shape index (κ2) is 10.9. The molecule has 8 aromatic rings. The second-order valence-electron chi connectivity index (χ2n) is 15.7. The standard InChI is InChI=1S/C49H31B2NO4/c1-49-28-30(25-46-48(49)51(36-15-5-10-20-42(36)55-46)37-16-6-11-21-43(37)56-49)29-22-23-39-33(24-29)32-12-2-7-17-38(32)52(39)31-26-44-47-45(27-31)54-41-19-9-4-14-35(41)50(47)34-13-3-8-18-40(34)53-44/h2-27H,28H2,1H3. The lowest BCUT2D eigenvalue weighted by molar-refractivity contribution is 0.132. The van der Waals surface area contributed by atoms with E-state index >= 15 is 0 Å². The van der Waals surface area contributed by atoms with E-state index in [1.165, 1.54) is 32.7 Å². The molecule has 1 aromatic heterocycles. The molecule has 56 heavy (non-hydrogen) atoms. The van der Waals surface area contributed by atoms with Crippen LogP contribution in [0.5, 0.6) is 34.5 Å². The highest BCUT2D eigenvalue weighted by molar-refractivity contribution is 6.98. The molecule has 1 unspecified atom stereocenters. The molecule has 7 heteroatoms. The molecule has 0 saturated carbocycles. The van der Waals surface area contributed by atoms with Crippen molar-refractivity contribution in [1.82, 2.24) is 4.57 Å². The maximum absolute atomic E-state index is 6.96. The molecule has 4 aliphatic heterocycles. The quantitative estimate of drug-likeness (QED) is 0.170. The van der Waals surface area contributed by atoms with Crippen molar-refractivity contribution in [2.75, 3.05) is 0 Å². The Hall–Kier alpha value is -6.85. The molecular formula is C49H31B2NO4. The lowest BCUT2D eigenvalue weighted by atomic mass is 9.31. The number of allylic oxidation sites excluding steroid dienone is 1. The van der Waals surface area contributed by atoms with Gasteiger partial charge in [0.2, 0.25) is 0 Å². The summed E-state index contributed by atoms with van der Waals surface area (Å²) in [7, 11) is 0. The fraction of sp³-hybridized carbons (Fsp3) is 0.0612. The summed E-state index contributed by atoms with van der Waals surface area (Å²) in [5, 5.41) is 2.35. The van der Waals surface area contributed by atoms with Gasteiger partial charge in [-0.25, -0.2) is 0 Å². The zero-order valence-electron chi connectivity index (χ0n) is 30.5. The summed E-state index contributed by atoms with van der Waals surface area (Å²) in [6.45, 7) is 2.34. The first-order valence-corrected chi connectivity index (χ1v) is 19.3. The van der Waals surface area contributed by atoms with E-state index in [-0.39, 0.29) is 13.4 Å². The first kappa shape index (κ1) is 30.5. The third kappa shape index (κ3) is 4.07. The molecule has 0 spiro atoms. The molecule has 13 rings (SSSR count). The topological polar surface area (TPSA) is 41.9 Å². The van der Waals surface area contributed by atoms with Crippen LogP contribution in [0.3, 0.4) is 0 Å². The van der Waals surface area contributed by atoms with Crippen molar-refractivity contribution < 1.29 is 18.9 Å². The van der Waals surface area contributed by atoms with E-state index in [0.29, 0.717) is 0 Å². The summed E-state index contributed by atoms with van der Waals surface area (Å²) in [5.74, 6) is 6.14. The summed E-state index contributed by atoms with van der Waals surface area (Å²) < 4.78 is 29.5. The molecule has 0 bridgehead atoms. The number of aromatic nitrogens is 1. The fourth-order valence-corrected chi connectivity index (χ4v) is 10.2. The molecule has 1 aliphatic carbocycles. The lowest BCUT2D eigenvalue weighted by Crippen LogP contribution is -2.60. The molecule has 1 atom stereocenters. The molecule has 5 nitrogen and oxygen atoms in total. The largest absolute Gasteiger partial charge is 0.484 e. The van der Waals surface area contributed by atoms with Crippen molar-refractivity contribution in [1.29, 1.82) is 0 Å². The highest BCUT2D eigenvalue weighted by Gasteiger charge is 2.51. The van der Waals surface area contributed by atoms with Crippen molar-refractivity contribution in [3.63, 3.8) is 0 Å². The number of nitrogens with zero attached hydrogens (tertiary/aromatic N) is 1. The van der Waals surface area contributed by atoms with Gasteiger partial charge in [-0.3, -0.25) is 0 Å². The maximum atomic E-state index is 6.96. The van der Waals surface area contributed by atoms with Crippen molar-refractivity contribution >= 4 is 68.1 Å². The van der Waals surface area contributed by atoms with Gasteiger partial charge in [0.25, 0.3) is 13.4 Å². The minimum absolute atomic E-state index is 0.0319. The van der Waals surface area contributed by atoms with Crippen LogP contribution in [-0.2, 0) is 0 Å². The maximum Gasteiger partial charge on any atom is 0.260 e. The zero-order valence-corrected chi connectivity index (χ0v) is 30.5. The van der Waals surface area contributed by atoms with E-state index in [1.54, 1.807) is 0 Å². The molecule has 0 amide bonds. The molecule has 5 aliphatic rings. The first-order valence-electron chi connectivity index (χ1n) is 19.3. The Morgan fingerprint density at radius 3 is 1.77 bits per heavy atom. The van der Waals surface area contributed by atoms with Gasteiger partial charge in [-0.1, -0.05) is 97.1 Å². The highest BCUT2D eigenvalue weighted by Crippen LogP contribution is 2.47. The molecule has 262 valence electrons. The van der Waals surface area contributed by atoms with Crippen molar-refractivity contribution in [2.45, 2.75) is 18.9 Å². The Labute approximate surface area is 324 Å². The summed E-state index contributed by atoms with van der Waals surface area (Å²) in [6.07, 6.45) is 2.98. The number of hydrogen-bond donors (Lipinski definition) is 0. The Morgan fingerprint density at radius 1 is 0.518 bits per heavy atom. The molecule has 0 N–H and O–H groups in total. The molecule has 0 fully saturated rings. The average molecular weight is 719 g/mol. The summed E-state index contributed by atoms with van der Waals surface area (Å²) in [4.78, 5) is 0. The Kier molecular flexibility index (Phi) is 5.93. The first-order chi connectivity index (χ1) is 27.6. The van der Waals surface area contributed by atoms with E-state index in [2.05, 4.69) is 157 Å². The Bertz CT molecular complexity index is 3050. The van der Waals surface area contributed by atoms with Crippen LogP contribution in [0.15, 0.2) is 169 Å². The SMILES string of the molecule is CC12CC(c3ccc4c(c3)c3ccccc3n4-c3cc4c5c(c3)Oc3ccccc3B5c3ccccc3O4)=CC3=C1B(c1ccccc1O3)c1ccccc1O2. The Morgan fingerprint density at radius 2 is 1.07 bits per heavy atom. The minimum atomic E-state index is -0.575. The smallest absolute Gasteiger partial charge is 0.260 e. The van der Waals surface area contributed by atoms with Crippen molar-refractivity contribution in [3.8, 4) is 40.2 Å². The van der Waals surface area contributed by atoms with Crippen LogP contribution < -0.4 is 46.3 Å². The number of rotatable bonds is 2. The van der Waals surface area contributed by atoms with Gasteiger partial charge in [-0.2, -0.15) is 0 Å². The average Bonchev–Trinajstić information content (AvgIpc) is 3.56. The number of benzene rings is 7. The monoisotopic (exact) mass is 719 g/mol. The third-order valence-electron chi connectivity index (χ3n) is 12.6. The van der Waals surface area contributed by atoms with Crippen LogP contribution in [0.1, 0.15) is 18.9 Å². The zero-order chi connectivity index (χ0) is 36.7. The van der Waals surface area contributed by atoms with Crippen LogP contribution in [-0.4, -0.2) is 23.6 Å². The van der Waals surface area contributed by atoms with E-state index < -0.39 is 5.60 Å². The minimum Gasteiger partial charge on any atom is -0.484 e. The van der Waals surface area contributed by atoms with Crippen LogP contribution in [0, 0.1) is 0 Å². The van der Waals surface area contributed by atoms with Gasteiger partial charge >= 0.3 is 0 Å². The number of hydrogen-bond acceptors (Lipinski definition) is 4. The van der Waals surface area contributed by atoms with Crippen LogP contribution in [0.2, 0.25) is 0 Å². The van der Waals surface area contributed by atoms with E-state index in [0.717, 1.165) is 85.3 Å². The molecule has 7 aromatic carbocycles. The van der Waals surface area contributed by atoms with Gasteiger partial charge in [-0.15, -0.1) is 0 Å². The molecule has 0 radical (unpaired) electrons. The Balaban J connectivity index is 0.976. The van der Waals surface area contributed by atoms with Gasteiger partial charge in [0, 0.05) is 34.8 Å². The summed E-state index contributed by atoms with van der Waals surface area (Å²) >= 11 is 0. The van der Waals surface area contributed by atoms with E-state index in [9.17, 15) is 0 Å². The van der Waals surface area contributed by atoms with Gasteiger partial charge in [0.05, 0.1) is 16.7 Å². The number of ether oxygens (including phenoxy) is 4. The number of fused-ring (bicyclic) bond motifs is 11. The van der Waals surface area contributed by atoms with E-state index in [4.69, 9.17) is 18.9 Å². The molecular weight excluding hydrogens is 688 g/mol. The van der Waals surface area contributed by atoms with Gasteiger partial charge < -0.3 is 23.5 Å². The van der Waals surface area contributed by atoms with Crippen molar-refractivity contribution in [2.24, 2.45) is 0 Å². The van der Waals surface area contributed by atoms with Gasteiger partial charge in [0.1, 0.15) is 45.9 Å². The predicted octanol–water partition coefficient (Wildman–Crippen LogP) is 7.94. The van der Waals surface area contributed by atoms with Gasteiger partial charge in [0.15, 0.2) is 0 Å². The predicted molar refractivity (Wildman–Crippen MR) is 226 cm³/mol. The van der Waals surface area contributed by atoms with Gasteiger partial charge in [-0.05, 0) is 93.9 Å². The second-order valence-corrected chi connectivity index (χ2v) is 15.7. The highest BCUT2D eigenvalue weighted by atomic mass is 16.5. The van der Waals surface area contributed by atoms with E-state index in [1.807, 2.05) is 12.1 Å². The summed E-state index contributed by atoms with van der Waals surface area (Å²) in [5.41, 5.74) is 11.9. The molecule has 5 heterocycles. The summed E-state index contributed by atoms with van der Waals surface area (Å²) in [6, 6.07) is 53.5. The van der Waals surface area contributed by atoms with Crippen LogP contribution in [0.25, 0.3) is 33.1 Å².